The SMILES string of the molecule is CCCC1CCCN(CC(=O)Nc2ccccc2)CC1. The summed E-state index contributed by atoms with van der Waals surface area (Å²) in [5, 5.41) is 2.97. The predicted molar refractivity (Wildman–Crippen MR) is 83.8 cm³/mol. The highest BCUT2D eigenvalue weighted by Crippen LogP contribution is 2.21. The van der Waals surface area contributed by atoms with E-state index in [1.807, 2.05) is 30.3 Å². The largest absolute Gasteiger partial charge is 0.325 e. The third-order valence-corrected chi connectivity index (χ3v) is 4.06. The van der Waals surface area contributed by atoms with E-state index in [0.717, 1.165) is 24.7 Å². The Morgan fingerprint density at radius 2 is 2.05 bits per heavy atom. The fourth-order valence-corrected chi connectivity index (χ4v) is 3.00. The number of carbonyl (C=O) groups excluding carboxylic acids is 1. The third kappa shape index (κ3) is 4.97. The monoisotopic (exact) mass is 274 g/mol. The van der Waals surface area contributed by atoms with Crippen LogP contribution >= 0.6 is 0 Å². The molecule has 1 heterocycles. The predicted octanol–water partition coefficient (Wildman–Crippen LogP) is 3.53. The van der Waals surface area contributed by atoms with Gasteiger partial charge in [-0.15, -0.1) is 0 Å². The van der Waals surface area contributed by atoms with Crippen molar-refractivity contribution < 1.29 is 4.79 Å². The molecule has 1 aliphatic heterocycles. The van der Waals surface area contributed by atoms with Gasteiger partial charge in [0.2, 0.25) is 5.91 Å². The normalized spacial score (nSPS) is 20.4. The maximum atomic E-state index is 12.0. The molecule has 1 fully saturated rings. The van der Waals surface area contributed by atoms with E-state index in [2.05, 4.69) is 17.1 Å². The second kappa shape index (κ2) is 8.05. The van der Waals surface area contributed by atoms with Crippen LogP contribution in [0, 0.1) is 5.92 Å². The standard InChI is InChI=1S/C17H26N2O/c1-2-7-15-8-6-12-19(13-11-15)14-17(20)18-16-9-4-3-5-10-16/h3-5,9-10,15H,2,6-8,11-14H2,1H3,(H,18,20). The number of hydrogen-bond donors (Lipinski definition) is 1. The highest BCUT2D eigenvalue weighted by Gasteiger charge is 2.18. The molecular weight excluding hydrogens is 248 g/mol. The van der Waals surface area contributed by atoms with Gasteiger partial charge in [-0.25, -0.2) is 0 Å². The van der Waals surface area contributed by atoms with Crippen LogP contribution in [0.15, 0.2) is 30.3 Å². The molecule has 0 aromatic heterocycles. The molecule has 110 valence electrons. The fourth-order valence-electron chi connectivity index (χ4n) is 3.00. The number of para-hydroxylation sites is 1. The molecule has 1 amide bonds. The highest BCUT2D eigenvalue weighted by molar-refractivity contribution is 5.92. The van der Waals surface area contributed by atoms with Gasteiger partial charge in [-0.05, 0) is 50.4 Å². The number of nitrogens with one attached hydrogen (secondary N) is 1. The summed E-state index contributed by atoms with van der Waals surface area (Å²) in [5.41, 5.74) is 0.885. The molecule has 1 atom stereocenters. The summed E-state index contributed by atoms with van der Waals surface area (Å²) in [4.78, 5) is 14.3. The van der Waals surface area contributed by atoms with Gasteiger partial charge in [0.15, 0.2) is 0 Å². The number of likely N-dealkylation sites (tertiary alicyclic amines) is 1. The Labute approximate surface area is 122 Å². The lowest BCUT2D eigenvalue weighted by Gasteiger charge is -2.19. The van der Waals surface area contributed by atoms with Crippen molar-refractivity contribution in [2.45, 2.75) is 39.0 Å². The number of nitrogens with zero attached hydrogens (tertiary/aromatic N) is 1. The smallest absolute Gasteiger partial charge is 0.238 e. The molecule has 2 rings (SSSR count). The Morgan fingerprint density at radius 1 is 1.25 bits per heavy atom. The lowest BCUT2D eigenvalue weighted by atomic mass is 9.96. The quantitative estimate of drug-likeness (QED) is 0.891. The lowest BCUT2D eigenvalue weighted by molar-refractivity contribution is -0.117. The molecule has 0 saturated carbocycles. The molecule has 20 heavy (non-hydrogen) atoms. The highest BCUT2D eigenvalue weighted by atomic mass is 16.2. The van der Waals surface area contributed by atoms with Gasteiger partial charge in [-0.1, -0.05) is 38.0 Å². The van der Waals surface area contributed by atoms with Gasteiger partial charge in [-0.2, -0.15) is 0 Å². The molecule has 1 unspecified atom stereocenters. The van der Waals surface area contributed by atoms with E-state index in [-0.39, 0.29) is 5.91 Å². The zero-order chi connectivity index (χ0) is 14.2. The molecule has 0 radical (unpaired) electrons. The molecule has 3 heteroatoms. The number of anilines is 1. The van der Waals surface area contributed by atoms with Gasteiger partial charge >= 0.3 is 0 Å². The van der Waals surface area contributed by atoms with Crippen LogP contribution in [0.5, 0.6) is 0 Å². The molecule has 0 bridgehead atoms. The van der Waals surface area contributed by atoms with Crippen LogP contribution in [0.2, 0.25) is 0 Å². The first-order valence-electron chi connectivity index (χ1n) is 7.85. The summed E-state index contributed by atoms with van der Waals surface area (Å²) < 4.78 is 0. The first-order valence-corrected chi connectivity index (χ1v) is 7.85. The van der Waals surface area contributed by atoms with Gasteiger partial charge in [0.05, 0.1) is 6.54 Å². The van der Waals surface area contributed by atoms with Crippen LogP contribution in [0.25, 0.3) is 0 Å². The minimum atomic E-state index is 0.102. The maximum Gasteiger partial charge on any atom is 0.238 e. The molecule has 1 aromatic rings. The molecular formula is C17H26N2O. The van der Waals surface area contributed by atoms with E-state index >= 15 is 0 Å². The second-order valence-corrected chi connectivity index (χ2v) is 5.78. The number of rotatable bonds is 5. The maximum absolute atomic E-state index is 12.0. The summed E-state index contributed by atoms with van der Waals surface area (Å²) in [5.74, 6) is 0.965. The van der Waals surface area contributed by atoms with Crippen molar-refractivity contribution in [1.29, 1.82) is 0 Å². The average Bonchev–Trinajstić information content (AvgIpc) is 2.66. The van der Waals surface area contributed by atoms with Crippen LogP contribution < -0.4 is 5.32 Å². The number of hydrogen-bond acceptors (Lipinski definition) is 2. The van der Waals surface area contributed by atoms with Crippen molar-refractivity contribution in [2.75, 3.05) is 25.0 Å². The third-order valence-electron chi connectivity index (χ3n) is 4.06. The Morgan fingerprint density at radius 3 is 2.80 bits per heavy atom. The number of carbonyl (C=O) groups is 1. The second-order valence-electron chi connectivity index (χ2n) is 5.78. The van der Waals surface area contributed by atoms with Gasteiger partial charge in [-0.3, -0.25) is 9.69 Å². The molecule has 1 aromatic carbocycles. The van der Waals surface area contributed by atoms with Crippen molar-refractivity contribution in [3.8, 4) is 0 Å². The Balaban J connectivity index is 1.77. The Hall–Kier alpha value is -1.35. The van der Waals surface area contributed by atoms with Crippen molar-refractivity contribution >= 4 is 11.6 Å². The first-order chi connectivity index (χ1) is 9.78. The summed E-state index contributed by atoms with van der Waals surface area (Å²) in [7, 11) is 0. The van der Waals surface area contributed by atoms with Crippen LogP contribution in [0.1, 0.15) is 39.0 Å². The summed E-state index contributed by atoms with van der Waals surface area (Å²) in [6.07, 6.45) is 6.41. The molecule has 0 spiro atoms. The minimum absolute atomic E-state index is 0.102. The van der Waals surface area contributed by atoms with E-state index < -0.39 is 0 Å². The molecule has 1 N–H and O–H groups in total. The zero-order valence-corrected chi connectivity index (χ0v) is 12.5. The van der Waals surface area contributed by atoms with E-state index in [0.29, 0.717) is 6.54 Å². The van der Waals surface area contributed by atoms with Crippen molar-refractivity contribution in [3.05, 3.63) is 30.3 Å². The lowest BCUT2D eigenvalue weighted by Crippen LogP contribution is -2.34. The first kappa shape index (κ1) is 15.0. The zero-order valence-electron chi connectivity index (χ0n) is 12.5. The summed E-state index contributed by atoms with van der Waals surface area (Å²) >= 11 is 0. The molecule has 1 aliphatic rings. The van der Waals surface area contributed by atoms with E-state index in [1.165, 1.54) is 32.1 Å². The van der Waals surface area contributed by atoms with Gasteiger partial charge < -0.3 is 5.32 Å². The minimum Gasteiger partial charge on any atom is -0.325 e. The summed E-state index contributed by atoms with van der Waals surface area (Å²) in [6, 6.07) is 9.70. The van der Waals surface area contributed by atoms with E-state index in [4.69, 9.17) is 0 Å². The van der Waals surface area contributed by atoms with Gasteiger partial charge in [0, 0.05) is 5.69 Å². The molecule has 1 saturated heterocycles. The van der Waals surface area contributed by atoms with Crippen molar-refractivity contribution in [2.24, 2.45) is 5.92 Å². The fraction of sp³-hybridized carbons (Fsp3) is 0.588. The van der Waals surface area contributed by atoms with E-state index in [9.17, 15) is 4.79 Å². The molecule has 0 aliphatic carbocycles. The average molecular weight is 274 g/mol. The van der Waals surface area contributed by atoms with Gasteiger partial charge in [0.25, 0.3) is 0 Å². The van der Waals surface area contributed by atoms with Crippen LogP contribution in [-0.2, 0) is 4.79 Å². The number of benzene rings is 1. The Kier molecular flexibility index (Phi) is 6.06. The number of amides is 1. The Bertz CT molecular complexity index is 405. The molecule has 3 nitrogen and oxygen atoms in total. The van der Waals surface area contributed by atoms with Crippen LogP contribution in [0.4, 0.5) is 5.69 Å². The van der Waals surface area contributed by atoms with Crippen molar-refractivity contribution in [1.82, 2.24) is 4.90 Å². The topological polar surface area (TPSA) is 32.3 Å². The summed E-state index contributed by atoms with van der Waals surface area (Å²) in [6.45, 7) is 4.90. The van der Waals surface area contributed by atoms with Gasteiger partial charge in [0.1, 0.15) is 0 Å². The van der Waals surface area contributed by atoms with E-state index in [1.54, 1.807) is 0 Å². The van der Waals surface area contributed by atoms with Crippen LogP contribution in [-0.4, -0.2) is 30.4 Å². The van der Waals surface area contributed by atoms with Crippen molar-refractivity contribution in [3.63, 3.8) is 0 Å². The van der Waals surface area contributed by atoms with Crippen LogP contribution in [0.3, 0.4) is 0 Å².